The van der Waals surface area contributed by atoms with Crippen molar-refractivity contribution in [1.82, 2.24) is 0 Å². The number of ether oxygens (including phenoxy) is 3. The van der Waals surface area contributed by atoms with Crippen molar-refractivity contribution >= 4 is 17.5 Å². The number of rotatable bonds is 7. The monoisotopic (exact) mass is 517 g/mol. The molecule has 1 aliphatic carbocycles. The van der Waals surface area contributed by atoms with Crippen LogP contribution in [-0.2, 0) is 20.9 Å². The number of nitrogens with two attached hydrogens (primary N) is 1. The lowest BCUT2D eigenvalue weighted by Crippen LogP contribution is -2.51. The molecule has 12 nitrogen and oxygen atoms in total. The predicted molar refractivity (Wildman–Crippen MR) is 125 cm³/mol. The quantitative estimate of drug-likeness (QED) is 0.240. The topological polar surface area (TPSA) is 206 Å². The highest BCUT2D eigenvalue weighted by Crippen LogP contribution is 2.48. The summed E-state index contributed by atoms with van der Waals surface area (Å²) in [5.74, 6) is -4.57. The second-order valence-electron chi connectivity index (χ2n) is 8.92. The van der Waals surface area contributed by atoms with Gasteiger partial charge in [0.05, 0.1) is 49.0 Å². The van der Waals surface area contributed by atoms with Gasteiger partial charge in [-0.25, -0.2) is 0 Å². The molecule has 5 unspecified atom stereocenters. The molecule has 4 rings (SSSR count). The Bertz CT molecular complexity index is 1260. The van der Waals surface area contributed by atoms with E-state index in [-0.39, 0.29) is 28.9 Å². The molecular formula is C25H27NO11. The number of carbonyl (C=O) groups is 3. The molecule has 1 saturated heterocycles. The normalized spacial score (nSPS) is 23.8. The zero-order valence-corrected chi connectivity index (χ0v) is 20.0. The van der Waals surface area contributed by atoms with Crippen LogP contribution in [0.5, 0.6) is 17.2 Å². The maximum Gasteiger partial charge on any atom is 0.306 e. The Balaban J connectivity index is 1.89. The Hall–Kier alpha value is -3.55. The fourth-order valence-electron chi connectivity index (χ4n) is 4.86. The van der Waals surface area contributed by atoms with Crippen LogP contribution in [0.2, 0.25) is 0 Å². The minimum Gasteiger partial charge on any atom is -0.507 e. The van der Waals surface area contributed by atoms with Crippen molar-refractivity contribution in [2.75, 3.05) is 7.11 Å². The van der Waals surface area contributed by atoms with Gasteiger partial charge in [0.25, 0.3) is 0 Å². The fraction of sp³-hybridized carbons (Fsp3) is 0.400. The van der Waals surface area contributed by atoms with Gasteiger partial charge in [-0.3, -0.25) is 14.4 Å². The summed E-state index contributed by atoms with van der Waals surface area (Å²) in [5.41, 5.74) is 3.84. The summed E-state index contributed by atoms with van der Waals surface area (Å²) in [4.78, 5) is 38.5. The lowest BCUT2D eigenvalue weighted by molar-refractivity contribution is -0.241. The van der Waals surface area contributed by atoms with Crippen molar-refractivity contribution in [1.29, 1.82) is 0 Å². The highest BCUT2D eigenvalue weighted by molar-refractivity contribution is 6.31. The van der Waals surface area contributed by atoms with Gasteiger partial charge in [0.1, 0.15) is 23.4 Å². The molecule has 2 aromatic rings. The predicted octanol–water partition coefficient (Wildman–Crippen LogP) is 0.730. The van der Waals surface area contributed by atoms with E-state index in [1.54, 1.807) is 6.92 Å². The van der Waals surface area contributed by atoms with E-state index in [1.807, 2.05) is 0 Å². The van der Waals surface area contributed by atoms with Gasteiger partial charge in [0, 0.05) is 29.2 Å². The Morgan fingerprint density at radius 2 is 1.84 bits per heavy atom. The summed E-state index contributed by atoms with van der Waals surface area (Å²) < 4.78 is 16.6. The number of carboxylic acids is 1. The molecule has 12 heteroatoms. The minimum atomic E-state index is -1.54. The molecule has 1 aliphatic heterocycles. The number of phenolic OH excluding ortho intramolecular Hbond substituents is 1. The van der Waals surface area contributed by atoms with Gasteiger partial charge in [0.15, 0.2) is 12.1 Å². The van der Waals surface area contributed by atoms with Gasteiger partial charge in [-0.15, -0.1) is 0 Å². The van der Waals surface area contributed by atoms with E-state index in [2.05, 4.69) is 0 Å². The fourth-order valence-corrected chi connectivity index (χ4v) is 4.86. The van der Waals surface area contributed by atoms with Crippen LogP contribution in [0.25, 0.3) is 0 Å². The van der Waals surface area contributed by atoms with Crippen molar-refractivity contribution in [3.63, 3.8) is 0 Å². The molecule has 7 N–H and O–H groups in total. The van der Waals surface area contributed by atoms with Crippen LogP contribution in [0, 0.1) is 0 Å². The molecule has 0 radical (unpaired) electrons. The van der Waals surface area contributed by atoms with Gasteiger partial charge in [-0.1, -0.05) is 12.1 Å². The summed E-state index contributed by atoms with van der Waals surface area (Å²) in [6, 6.07) is 3.53. The Morgan fingerprint density at radius 3 is 2.43 bits per heavy atom. The molecule has 1 heterocycles. The van der Waals surface area contributed by atoms with Gasteiger partial charge in [-0.2, -0.15) is 0 Å². The first kappa shape index (κ1) is 26.5. The Morgan fingerprint density at radius 1 is 1.16 bits per heavy atom. The van der Waals surface area contributed by atoms with Crippen LogP contribution < -0.4 is 10.5 Å². The molecule has 0 spiro atoms. The number of phenols is 2. The number of carbonyl (C=O) groups excluding carboxylic acids is 2. The van der Waals surface area contributed by atoms with Crippen molar-refractivity contribution in [2.24, 2.45) is 5.73 Å². The van der Waals surface area contributed by atoms with Crippen molar-refractivity contribution in [2.45, 2.75) is 57.0 Å². The SMILES string of the molecule is COc1cccc2c1C(=O)c1c(O)c(C(CC(=O)O)OC3CC(N)C(O)C(C)O3)c(CO)c(O)c1C2=O. The van der Waals surface area contributed by atoms with Crippen molar-refractivity contribution in [3.8, 4) is 17.2 Å². The average molecular weight is 517 g/mol. The van der Waals surface area contributed by atoms with Crippen molar-refractivity contribution < 1.29 is 54.1 Å². The zero-order chi connectivity index (χ0) is 27.2. The molecule has 0 bridgehead atoms. The smallest absolute Gasteiger partial charge is 0.306 e. The summed E-state index contributed by atoms with van der Waals surface area (Å²) in [5, 5.41) is 52.0. The van der Waals surface area contributed by atoms with E-state index in [4.69, 9.17) is 19.9 Å². The number of fused-ring (bicyclic) bond motifs is 2. The Kier molecular flexibility index (Phi) is 7.22. The third kappa shape index (κ3) is 4.43. The third-order valence-corrected chi connectivity index (χ3v) is 6.67. The number of carboxylic acid groups (broad SMARTS) is 1. The first-order valence-electron chi connectivity index (χ1n) is 11.5. The molecule has 2 aliphatic rings. The second-order valence-corrected chi connectivity index (χ2v) is 8.92. The summed E-state index contributed by atoms with van der Waals surface area (Å²) >= 11 is 0. The van der Waals surface area contributed by atoms with Gasteiger partial charge in [-0.05, 0) is 13.0 Å². The highest BCUT2D eigenvalue weighted by Gasteiger charge is 2.42. The van der Waals surface area contributed by atoms with Crippen LogP contribution in [0.15, 0.2) is 18.2 Å². The van der Waals surface area contributed by atoms with Crippen LogP contribution in [-0.4, -0.2) is 74.7 Å². The van der Waals surface area contributed by atoms with E-state index >= 15 is 0 Å². The van der Waals surface area contributed by atoms with Crippen LogP contribution in [0.4, 0.5) is 0 Å². The van der Waals surface area contributed by atoms with Crippen LogP contribution >= 0.6 is 0 Å². The number of benzene rings is 2. The Labute approximate surface area is 210 Å². The average Bonchev–Trinajstić information content (AvgIpc) is 2.85. The number of aliphatic hydroxyl groups excluding tert-OH is 2. The molecule has 198 valence electrons. The lowest BCUT2D eigenvalue weighted by Gasteiger charge is -2.37. The van der Waals surface area contributed by atoms with Crippen LogP contribution in [0.3, 0.4) is 0 Å². The third-order valence-electron chi connectivity index (χ3n) is 6.67. The van der Waals surface area contributed by atoms with Crippen molar-refractivity contribution in [3.05, 3.63) is 51.6 Å². The second kappa shape index (κ2) is 10.1. The number of ketones is 2. The lowest BCUT2D eigenvalue weighted by atomic mass is 9.79. The standard InChI is InChI=1S/C25H27NO11/c1-9-21(30)12(26)6-16(36-9)37-14(7-15(28)29)18-11(8-27)23(32)19-20(25(18)34)24(33)17-10(22(19)31)4-3-5-13(17)35-2/h3-5,9,12,14,16,21,27,30,32,34H,6-8,26H2,1-2H3,(H,28,29). The molecule has 5 atom stereocenters. The summed E-state index contributed by atoms with van der Waals surface area (Å²) in [6.45, 7) is 0.622. The van der Waals surface area contributed by atoms with Crippen LogP contribution in [0.1, 0.15) is 68.8 Å². The largest absolute Gasteiger partial charge is 0.507 e. The number of aliphatic carboxylic acids is 1. The summed E-state index contributed by atoms with van der Waals surface area (Å²) in [7, 11) is 1.30. The number of aliphatic hydroxyl groups is 2. The van der Waals surface area contributed by atoms with E-state index in [1.165, 1.54) is 25.3 Å². The van der Waals surface area contributed by atoms with Gasteiger partial charge < -0.3 is 45.5 Å². The minimum absolute atomic E-state index is 0.0320. The van der Waals surface area contributed by atoms with Gasteiger partial charge in [0.2, 0.25) is 5.78 Å². The van der Waals surface area contributed by atoms with E-state index < -0.39 is 89.4 Å². The molecule has 2 aromatic carbocycles. The highest BCUT2D eigenvalue weighted by atomic mass is 16.7. The maximum atomic E-state index is 13.5. The first-order chi connectivity index (χ1) is 17.5. The summed E-state index contributed by atoms with van der Waals surface area (Å²) in [6.07, 6.45) is -5.23. The number of methoxy groups -OCH3 is 1. The van der Waals surface area contributed by atoms with E-state index in [0.29, 0.717) is 0 Å². The zero-order valence-electron chi connectivity index (χ0n) is 20.0. The molecule has 37 heavy (non-hydrogen) atoms. The molecule has 0 saturated carbocycles. The van der Waals surface area contributed by atoms with E-state index in [0.717, 1.165) is 0 Å². The van der Waals surface area contributed by atoms with Gasteiger partial charge >= 0.3 is 5.97 Å². The van der Waals surface area contributed by atoms with E-state index in [9.17, 15) is 39.9 Å². The first-order valence-corrected chi connectivity index (χ1v) is 11.5. The maximum absolute atomic E-state index is 13.5. The molecule has 1 fully saturated rings. The number of aromatic hydroxyl groups is 2. The molecule has 0 amide bonds. The number of hydrogen-bond acceptors (Lipinski definition) is 11. The molecule has 0 aromatic heterocycles. The molecular weight excluding hydrogens is 490 g/mol. The number of hydrogen-bond donors (Lipinski definition) is 6.